The number of amides is 1. The van der Waals surface area contributed by atoms with Crippen LogP contribution in [0.4, 0.5) is 0 Å². The van der Waals surface area contributed by atoms with Gasteiger partial charge in [-0.3, -0.25) is 4.79 Å². The van der Waals surface area contributed by atoms with Crippen LogP contribution < -0.4 is 14.8 Å². The largest absolute Gasteiger partial charge is 0.493 e. The van der Waals surface area contributed by atoms with E-state index in [4.69, 9.17) is 14.2 Å². The van der Waals surface area contributed by atoms with Crippen LogP contribution in [-0.2, 0) is 16.1 Å². The highest BCUT2D eigenvalue weighted by Crippen LogP contribution is 2.27. The molecule has 0 aliphatic rings. The van der Waals surface area contributed by atoms with Crippen LogP contribution in [0.1, 0.15) is 15.9 Å². The fraction of sp³-hybridized carbons (Fsp3) is 0.222. The summed E-state index contributed by atoms with van der Waals surface area (Å²) in [7, 11) is 2.98. The molecule has 0 radical (unpaired) electrons. The van der Waals surface area contributed by atoms with E-state index in [1.165, 1.54) is 20.3 Å². The first-order valence-electron chi connectivity index (χ1n) is 7.43. The van der Waals surface area contributed by atoms with Gasteiger partial charge in [0.05, 0.1) is 19.8 Å². The fourth-order valence-electron chi connectivity index (χ4n) is 2.03. The molecule has 2 aromatic rings. The van der Waals surface area contributed by atoms with Gasteiger partial charge in [-0.15, -0.1) is 0 Å². The normalized spacial score (nSPS) is 10.0. The SMILES string of the molecule is COc1ccc(C(=O)OCC(=O)NCc2ccc(Br)cc2)cc1OC. The lowest BCUT2D eigenvalue weighted by atomic mass is 10.2. The van der Waals surface area contributed by atoms with Gasteiger partial charge in [0.2, 0.25) is 0 Å². The summed E-state index contributed by atoms with van der Waals surface area (Å²) >= 11 is 3.35. The first-order chi connectivity index (χ1) is 12.0. The van der Waals surface area contributed by atoms with Crippen molar-refractivity contribution in [3.63, 3.8) is 0 Å². The van der Waals surface area contributed by atoms with Gasteiger partial charge in [-0.05, 0) is 35.9 Å². The molecule has 7 heteroatoms. The van der Waals surface area contributed by atoms with Crippen LogP contribution in [0.15, 0.2) is 46.9 Å². The monoisotopic (exact) mass is 407 g/mol. The number of methoxy groups -OCH3 is 2. The van der Waals surface area contributed by atoms with Crippen molar-refractivity contribution in [3.05, 3.63) is 58.1 Å². The van der Waals surface area contributed by atoms with E-state index in [2.05, 4.69) is 21.2 Å². The fourth-order valence-corrected chi connectivity index (χ4v) is 2.30. The number of esters is 1. The Bertz CT molecular complexity index is 746. The van der Waals surface area contributed by atoms with Crippen LogP contribution in [0.2, 0.25) is 0 Å². The molecule has 2 aromatic carbocycles. The molecule has 0 atom stereocenters. The highest BCUT2D eigenvalue weighted by molar-refractivity contribution is 9.10. The van der Waals surface area contributed by atoms with Crippen molar-refractivity contribution < 1.29 is 23.8 Å². The van der Waals surface area contributed by atoms with Gasteiger partial charge in [-0.25, -0.2) is 4.79 Å². The van der Waals surface area contributed by atoms with Crippen LogP contribution in [0, 0.1) is 0 Å². The van der Waals surface area contributed by atoms with Gasteiger partial charge in [0.15, 0.2) is 18.1 Å². The summed E-state index contributed by atoms with van der Waals surface area (Å²) in [6, 6.07) is 12.2. The number of hydrogen-bond acceptors (Lipinski definition) is 5. The maximum absolute atomic E-state index is 12.0. The van der Waals surface area contributed by atoms with Gasteiger partial charge in [0, 0.05) is 11.0 Å². The number of nitrogens with one attached hydrogen (secondary N) is 1. The summed E-state index contributed by atoms with van der Waals surface area (Å²) in [6.45, 7) is 0.00370. The van der Waals surface area contributed by atoms with Crippen LogP contribution in [-0.4, -0.2) is 32.7 Å². The van der Waals surface area contributed by atoms with Crippen molar-refractivity contribution in [3.8, 4) is 11.5 Å². The highest BCUT2D eigenvalue weighted by atomic mass is 79.9. The number of hydrogen-bond donors (Lipinski definition) is 1. The molecular formula is C18H18BrNO5. The molecule has 1 N–H and O–H groups in total. The molecule has 0 aromatic heterocycles. The minimum atomic E-state index is -0.611. The summed E-state index contributed by atoms with van der Waals surface area (Å²) < 4.78 is 16.2. The Labute approximate surface area is 154 Å². The van der Waals surface area contributed by atoms with E-state index >= 15 is 0 Å². The van der Waals surface area contributed by atoms with Gasteiger partial charge in [0.25, 0.3) is 5.91 Å². The second-order valence-corrected chi connectivity index (χ2v) is 5.96. The number of carbonyl (C=O) groups excluding carboxylic acids is 2. The Morgan fingerprint density at radius 2 is 1.68 bits per heavy atom. The maximum atomic E-state index is 12.0. The predicted octanol–water partition coefficient (Wildman–Crippen LogP) is 2.94. The summed E-state index contributed by atoms with van der Waals surface area (Å²) in [6.07, 6.45) is 0. The Morgan fingerprint density at radius 1 is 1.00 bits per heavy atom. The molecule has 25 heavy (non-hydrogen) atoms. The Hall–Kier alpha value is -2.54. The van der Waals surface area contributed by atoms with Crippen molar-refractivity contribution in [1.29, 1.82) is 0 Å². The quantitative estimate of drug-likeness (QED) is 0.714. The van der Waals surface area contributed by atoms with Gasteiger partial charge in [-0.2, -0.15) is 0 Å². The van der Waals surface area contributed by atoms with Crippen molar-refractivity contribution in [2.75, 3.05) is 20.8 Å². The van der Waals surface area contributed by atoms with Crippen LogP contribution in [0.3, 0.4) is 0 Å². The summed E-state index contributed by atoms with van der Waals surface area (Å²) in [5, 5.41) is 2.69. The third-order valence-electron chi connectivity index (χ3n) is 3.36. The molecule has 0 aliphatic carbocycles. The van der Waals surface area contributed by atoms with Gasteiger partial charge in [0.1, 0.15) is 0 Å². The second kappa shape index (κ2) is 9.08. The van der Waals surface area contributed by atoms with Crippen molar-refractivity contribution in [2.24, 2.45) is 0 Å². The van der Waals surface area contributed by atoms with E-state index in [1.807, 2.05) is 24.3 Å². The Morgan fingerprint density at radius 3 is 2.32 bits per heavy atom. The summed E-state index contributed by atoms with van der Waals surface area (Å²) in [4.78, 5) is 23.8. The molecule has 6 nitrogen and oxygen atoms in total. The zero-order valence-corrected chi connectivity index (χ0v) is 15.5. The second-order valence-electron chi connectivity index (χ2n) is 5.05. The summed E-state index contributed by atoms with van der Waals surface area (Å²) in [5.41, 5.74) is 1.22. The lowest BCUT2D eigenvalue weighted by Gasteiger charge is -2.10. The van der Waals surface area contributed by atoms with Crippen molar-refractivity contribution in [1.82, 2.24) is 5.32 Å². The predicted molar refractivity (Wildman–Crippen MR) is 95.8 cm³/mol. The zero-order chi connectivity index (χ0) is 18.2. The molecule has 0 heterocycles. The number of carbonyl (C=O) groups is 2. The van der Waals surface area contributed by atoms with Crippen LogP contribution >= 0.6 is 15.9 Å². The molecule has 0 unspecified atom stereocenters. The molecule has 0 saturated heterocycles. The number of rotatable bonds is 7. The van der Waals surface area contributed by atoms with E-state index < -0.39 is 5.97 Å². The summed E-state index contributed by atoms with van der Waals surface area (Å²) in [5.74, 6) is -0.0700. The smallest absolute Gasteiger partial charge is 0.338 e. The number of benzene rings is 2. The molecule has 0 fully saturated rings. The third-order valence-corrected chi connectivity index (χ3v) is 3.89. The van der Waals surface area contributed by atoms with E-state index in [-0.39, 0.29) is 18.1 Å². The third kappa shape index (κ3) is 5.49. The molecule has 0 saturated carbocycles. The molecule has 1 amide bonds. The van der Waals surface area contributed by atoms with Crippen molar-refractivity contribution >= 4 is 27.8 Å². The Kier molecular flexibility index (Phi) is 6.82. The van der Waals surface area contributed by atoms with Crippen LogP contribution in [0.5, 0.6) is 11.5 Å². The molecule has 0 aliphatic heterocycles. The molecule has 0 spiro atoms. The standard InChI is InChI=1S/C18H18BrNO5/c1-23-15-8-5-13(9-16(15)24-2)18(22)25-11-17(21)20-10-12-3-6-14(19)7-4-12/h3-9H,10-11H2,1-2H3,(H,20,21). The average molecular weight is 408 g/mol. The molecule has 0 bridgehead atoms. The average Bonchev–Trinajstić information content (AvgIpc) is 2.64. The van der Waals surface area contributed by atoms with Crippen LogP contribution in [0.25, 0.3) is 0 Å². The lowest BCUT2D eigenvalue weighted by Crippen LogP contribution is -2.28. The lowest BCUT2D eigenvalue weighted by molar-refractivity contribution is -0.124. The van der Waals surface area contributed by atoms with E-state index in [9.17, 15) is 9.59 Å². The molecule has 132 valence electrons. The van der Waals surface area contributed by atoms with E-state index in [0.29, 0.717) is 18.0 Å². The maximum Gasteiger partial charge on any atom is 0.338 e. The minimum absolute atomic E-state index is 0.276. The first kappa shape index (κ1) is 18.8. The van der Waals surface area contributed by atoms with Gasteiger partial charge >= 0.3 is 5.97 Å². The molecular weight excluding hydrogens is 390 g/mol. The highest BCUT2D eigenvalue weighted by Gasteiger charge is 2.13. The molecule has 2 rings (SSSR count). The zero-order valence-electron chi connectivity index (χ0n) is 13.9. The topological polar surface area (TPSA) is 73.9 Å². The number of ether oxygens (including phenoxy) is 3. The van der Waals surface area contributed by atoms with E-state index in [1.54, 1.807) is 12.1 Å². The van der Waals surface area contributed by atoms with E-state index in [0.717, 1.165) is 10.0 Å². The minimum Gasteiger partial charge on any atom is -0.493 e. The Balaban J connectivity index is 1.84. The van der Waals surface area contributed by atoms with Crippen molar-refractivity contribution in [2.45, 2.75) is 6.54 Å². The van der Waals surface area contributed by atoms with Gasteiger partial charge in [-0.1, -0.05) is 28.1 Å². The first-order valence-corrected chi connectivity index (χ1v) is 8.23. The van der Waals surface area contributed by atoms with Gasteiger partial charge < -0.3 is 19.5 Å². The number of halogens is 1.